The summed E-state index contributed by atoms with van der Waals surface area (Å²) in [6.07, 6.45) is -0.899. The quantitative estimate of drug-likeness (QED) is 0.446. The fourth-order valence-electron chi connectivity index (χ4n) is 3.88. The second-order valence-corrected chi connectivity index (χ2v) is 8.08. The van der Waals surface area contributed by atoms with Crippen LogP contribution in [-0.4, -0.2) is 80.8 Å². The monoisotopic (exact) mass is 458 g/mol. The number of aromatic nitrogens is 4. The Morgan fingerprint density at radius 2 is 1.88 bits per heavy atom. The van der Waals surface area contributed by atoms with Crippen LogP contribution in [0.5, 0.6) is 5.75 Å². The van der Waals surface area contributed by atoms with Crippen molar-refractivity contribution in [3.8, 4) is 5.75 Å². The number of aliphatic hydroxyl groups excluding tert-OH is 1. The standard InChI is InChI=1S/C22H30N6O5/c1-25-19-18(20(30)26(2)22(25)31)28(14-16(29)15-33-17-6-4-3-5-7-17)21(24-19)23-8-9-27-10-12-32-13-11-27/h3-7,16,29H,8-15H2,1-2H3,(H,23,24)/t16-/m1/s1. The van der Waals surface area contributed by atoms with Gasteiger partial charge in [-0.2, -0.15) is 4.98 Å². The Morgan fingerprint density at radius 1 is 1.15 bits per heavy atom. The molecule has 0 amide bonds. The van der Waals surface area contributed by atoms with E-state index in [0.717, 1.165) is 24.2 Å². The van der Waals surface area contributed by atoms with Crippen LogP contribution in [0.1, 0.15) is 0 Å². The fraction of sp³-hybridized carbons (Fsp3) is 0.500. The molecule has 178 valence electrons. The third-order valence-corrected chi connectivity index (χ3v) is 5.74. The number of nitrogens with one attached hydrogen (secondary N) is 1. The average molecular weight is 459 g/mol. The number of aryl methyl sites for hydroxylation is 1. The van der Waals surface area contributed by atoms with E-state index in [4.69, 9.17) is 9.47 Å². The van der Waals surface area contributed by atoms with Crippen LogP contribution in [0.4, 0.5) is 5.95 Å². The largest absolute Gasteiger partial charge is 0.491 e. The highest BCUT2D eigenvalue weighted by molar-refractivity contribution is 5.74. The zero-order valence-corrected chi connectivity index (χ0v) is 18.9. The number of nitrogens with zero attached hydrogens (tertiary/aromatic N) is 5. The Morgan fingerprint density at radius 3 is 2.61 bits per heavy atom. The van der Waals surface area contributed by atoms with Crippen LogP contribution in [0.3, 0.4) is 0 Å². The number of ether oxygens (including phenoxy) is 2. The van der Waals surface area contributed by atoms with Gasteiger partial charge in [0, 0.05) is 40.3 Å². The van der Waals surface area contributed by atoms with Crippen LogP contribution in [0, 0.1) is 0 Å². The third kappa shape index (κ3) is 5.10. The highest BCUT2D eigenvalue weighted by Gasteiger charge is 2.21. The zero-order chi connectivity index (χ0) is 23.4. The molecule has 11 nitrogen and oxygen atoms in total. The number of aliphatic hydroxyl groups is 1. The highest BCUT2D eigenvalue weighted by Crippen LogP contribution is 2.17. The number of hydrogen-bond donors (Lipinski definition) is 2. The van der Waals surface area contributed by atoms with Crippen molar-refractivity contribution in [2.45, 2.75) is 12.6 Å². The molecule has 0 aliphatic carbocycles. The molecule has 0 radical (unpaired) electrons. The summed E-state index contributed by atoms with van der Waals surface area (Å²) in [5.41, 5.74) is -0.386. The molecule has 1 saturated heterocycles. The molecule has 1 aliphatic rings. The summed E-state index contributed by atoms with van der Waals surface area (Å²) < 4.78 is 15.1. The van der Waals surface area contributed by atoms with Crippen LogP contribution < -0.4 is 21.3 Å². The molecule has 1 atom stereocenters. The van der Waals surface area contributed by atoms with Gasteiger partial charge >= 0.3 is 5.69 Å². The summed E-state index contributed by atoms with van der Waals surface area (Å²) in [7, 11) is 3.01. The van der Waals surface area contributed by atoms with Gasteiger partial charge < -0.3 is 24.5 Å². The lowest BCUT2D eigenvalue weighted by Crippen LogP contribution is -2.39. The summed E-state index contributed by atoms with van der Waals surface area (Å²) >= 11 is 0. The number of rotatable bonds is 9. The molecular weight excluding hydrogens is 428 g/mol. The lowest BCUT2D eigenvalue weighted by Gasteiger charge is -2.26. The van der Waals surface area contributed by atoms with Crippen LogP contribution in [0.2, 0.25) is 0 Å². The van der Waals surface area contributed by atoms with Gasteiger partial charge in [0.25, 0.3) is 5.56 Å². The van der Waals surface area contributed by atoms with E-state index < -0.39 is 17.4 Å². The maximum atomic E-state index is 12.9. The van der Waals surface area contributed by atoms with Crippen LogP contribution in [-0.2, 0) is 25.4 Å². The molecule has 1 aliphatic heterocycles. The summed E-state index contributed by atoms with van der Waals surface area (Å²) in [4.78, 5) is 32.2. The van der Waals surface area contributed by atoms with E-state index >= 15 is 0 Å². The topological polar surface area (TPSA) is 116 Å². The van der Waals surface area contributed by atoms with Crippen molar-refractivity contribution in [2.75, 3.05) is 51.3 Å². The molecule has 0 spiro atoms. The first-order valence-corrected chi connectivity index (χ1v) is 11.0. The Bertz CT molecular complexity index is 1200. The number of para-hydroxylation sites is 1. The van der Waals surface area contributed by atoms with Crippen molar-refractivity contribution >= 4 is 17.1 Å². The molecule has 33 heavy (non-hydrogen) atoms. The lowest BCUT2D eigenvalue weighted by atomic mass is 10.3. The predicted molar refractivity (Wildman–Crippen MR) is 124 cm³/mol. The minimum absolute atomic E-state index is 0.0446. The van der Waals surface area contributed by atoms with Gasteiger partial charge in [0.05, 0.1) is 19.8 Å². The van der Waals surface area contributed by atoms with E-state index in [1.54, 1.807) is 11.6 Å². The van der Waals surface area contributed by atoms with Gasteiger partial charge in [0.15, 0.2) is 11.2 Å². The van der Waals surface area contributed by atoms with Crippen LogP contribution in [0.25, 0.3) is 11.2 Å². The second-order valence-electron chi connectivity index (χ2n) is 8.08. The number of benzene rings is 1. The van der Waals surface area contributed by atoms with E-state index in [2.05, 4.69) is 15.2 Å². The normalized spacial score (nSPS) is 15.6. The van der Waals surface area contributed by atoms with Crippen molar-refractivity contribution in [3.63, 3.8) is 0 Å². The molecule has 11 heteroatoms. The van der Waals surface area contributed by atoms with E-state index in [1.807, 2.05) is 30.3 Å². The molecule has 0 bridgehead atoms. The molecule has 2 aromatic heterocycles. The number of anilines is 1. The fourth-order valence-corrected chi connectivity index (χ4v) is 3.88. The predicted octanol–water partition coefficient (Wildman–Crippen LogP) is -0.382. The maximum absolute atomic E-state index is 12.9. The number of hydrogen-bond acceptors (Lipinski definition) is 8. The molecule has 1 aromatic carbocycles. The first-order valence-electron chi connectivity index (χ1n) is 11.0. The molecular formula is C22H30N6O5. The number of morpholine rings is 1. The van der Waals surface area contributed by atoms with Gasteiger partial charge in [0.1, 0.15) is 18.5 Å². The average Bonchev–Trinajstić information content (AvgIpc) is 3.19. The summed E-state index contributed by atoms with van der Waals surface area (Å²) in [5, 5.41) is 14.0. The van der Waals surface area contributed by atoms with Crippen molar-refractivity contribution in [1.29, 1.82) is 0 Å². The van der Waals surface area contributed by atoms with Crippen molar-refractivity contribution in [1.82, 2.24) is 23.6 Å². The Balaban J connectivity index is 1.57. The van der Waals surface area contributed by atoms with Gasteiger partial charge in [-0.05, 0) is 12.1 Å². The molecule has 0 unspecified atom stereocenters. The number of imidazole rings is 1. The van der Waals surface area contributed by atoms with Gasteiger partial charge in [-0.25, -0.2) is 4.79 Å². The van der Waals surface area contributed by atoms with Crippen LogP contribution >= 0.6 is 0 Å². The molecule has 3 aromatic rings. The van der Waals surface area contributed by atoms with E-state index in [-0.39, 0.29) is 24.3 Å². The van der Waals surface area contributed by atoms with E-state index in [1.165, 1.54) is 11.6 Å². The Kier molecular flexibility index (Phi) is 7.11. The highest BCUT2D eigenvalue weighted by atomic mass is 16.5. The van der Waals surface area contributed by atoms with Crippen molar-refractivity contribution in [2.24, 2.45) is 14.1 Å². The Labute approximate surface area is 190 Å². The van der Waals surface area contributed by atoms with Gasteiger partial charge in [-0.1, -0.05) is 18.2 Å². The van der Waals surface area contributed by atoms with Gasteiger partial charge in [0.2, 0.25) is 5.95 Å². The van der Waals surface area contributed by atoms with Gasteiger partial charge in [-0.15, -0.1) is 0 Å². The molecule has 0 saturated carbocycles. The SMILES string of the molecule is Cn1c(=O)c2c(nc(NCCN3CCOCC3)n2C[C@@H](O)COc2ccccc2)n(C)c1=O. The molecule has 2 N–H and O–H groups in total. The van der Waals surface area contributed by atoms with E-state index in [9.17, 15) is 14.7 Å². The Hall–Kier alpha value is -3.15. The smallest absolute Gasteiger partial charge is 0.332 e. The molecule has 3 heterocycles. The molecule has 4 rings (SSSR count). The first-order chi connectivity index (χ1) is 16.0. The van der Waals surface area contributed by atoms with E-state index in [0.29, 0.717) is 31.5 Å². The van der Waals surface area contributed by atoms with Crippen molar-refractivity contribution in [3.05, 3.63) is 51.2 Å². The second kappa shape index (κ2) is 10.2. The number of fused-ring (bicyclic) bond motifs is 1. The molecule has 1 fully saturated rings. The summed E-state index contributed by atoms with van der Waals surface area (Å²) in [5.74, 6) is 1.07. The first kappa shape index (κ1) is 23.0. The maximum Gasteiger partial charge on any atom is 0.332 e. The summed E-state index contributed by atoms with van der Waals surface area (Å²) in [6, 6.07) is 9.21. The van der Waals surface area contributed by atoms with Crippen molar-refractivity contribution < 1.29 is 14.6 Å². The lowest BCUT2D eigenvalue weighted by molar-refractivity contribution is 0.0398. The minimum Gasteiger partial charge on any atom is -0.491 e. The minimum atomic E-state index is -0.899. The zero-order valence-electron chi connectivity index (χ0n) is 18.9. The third-order valence-electron chi connectivity index (χ3n) is 5.74. The van der Waals surface area contributed by atoms with Gasteiger partial charge in [-0.3, -0.25) is 18.8 Å². The van der Waals surface area contributed by atoms with Crippen LogP contribution in [0.15, 0.2) is 39.9 Å². The summed E-state index contributed by atoms with van der Waals surface area (Å²) in [6.45, 7) is 4.65.